The molecule has 18 heavy (non-hydrogen) atoms. The molecular weight excluding hydrogens is 368 g/mol. The van der Waals surface area contributed by atoms with E-state index in [9.17, 15) is 10.1 Å². The second-order valence-corrected chi connectivity index (χ2v) is 5.08. The Morgan fingerprint density at radius 1 is 1.22 bits per heavy atom. The van der Waals surface area contributed by atoms with Crippen LogP contribution in [0.1, 0.15) is 0 Å². The largest absolute Gasteiger partial charge is 0.454 e. The minimum Gasteiger partial charge on any atom is -0.454 e. The minimum atomic E-state index is -0.474. The molecule has 0 aliphatic rings. The van der Waals surface area contributed by atoms with E-state index >= 15 is 0 Å². The molecule has 0 bridgehead atoms. The molecule has 0 N–H and O–H groups in total. The summed E-state index contributed by atoms with van der Waals surface area (Å²) in [5.41, 5.74) is -0.0313. The minimum absolute atomic E-state index is 0.0313. The summed E-state index contributed by atoms with van der Waals surface area (Å²) in [6.45, 7) is 0. The second kappa shape index (κ2) is 5.45. The summed E-state index contributed by atoms with van der Waals surface area (Å²) in [5.74, 6) is 0.856. The van der Waals surface area contributed by atoms with Gasteiger partial charge in [-0.2, -0.15) is 0 Å². The van der Waals surface area contributed by atoms with E-state index in [1.54, 1.807) is 18.3 Å². The number of pyridine rings is 1. The van der Waals surface area contributed by atoms with E-state index in [2.05, 4.69) is 36.8 Å². The van der Waals surface area contributed by atoms with E-state index in [1.165, 1.54) is 18.3 Å². The number of non-ortho nitro benzene ring substituents is 1. The van der Waals surface area contributed by atoms with Crippen LogP contribution in [-0.2, 0) is 0 Å². The van der Waals surface area contributed by atoms with Crippen molar-refractivity contribution in [1.29, 1.82) is 0 Å². The number of hydrogen-bond acceptors (Lipinski definition) is 4. The molecule has 1 aromatic heterocycles. The van der Waals surface area contributed by atoms with E-state index in [0.717, 1.165) is 4.47 Å². The van der Waals surface area contributed by atoms with Crippen molar-refractivity contribution < 1.29 is 9.66 Å². The molecule has 0 aliphatic carbocycles. The fourth-order valence-electron chi connectivity index (χ4n) is 1.26. The molecule has 0 radical (unpaired) electrons. The summed E-state index contributed by atoms with van der Waals surface area (Å²) in [5, 5.41) is 10.7. The van der Waals surface area contributed by atoms with Gasteiger partial charge in [0.1, 0.15) is 11.5 Å². The van der Waals surface area contributed by atoms with Crippen LogP contribution in [0.5, 0.6) is 11.5 Å². The van der Waals surface area contributed by atoms with Crippen LogP contribution in [0.15, 0.2) is 45.6 Å². The summed E-state index contributed by atoms with van der Waals surface area (Å²) >= 11 is 6.55. The first-order chi connectivity index (χ1) is 8.56. The lowest BCUT2D eigenvalue weighted by molar-refractivity contribution is -0.384. The van der Waals surface area contributed by atoms with Crippen molar-refractivity contribution in [3.05, 3.63) is 55.7 Å². The number of halogens is 2. The molecule has 92 valence electrons. The van der Waals surface area contributed by atoms with Gasteiger partial charge in [0.15, 0.2) is 0 Å². The normalized spacial score (nSPS) is 10.1. The number of nitro benzene ring substituents is 1. The Morgan fingerprint density at radius 3 is 2.67 bits per heavy atom. The van der Waals surface area contributed by atoms with Gasteiger partial charge in [-0.05, 0) is 44.0 Å². The zero-order valence-corrected chi connectivity index (χ0v) is 12.0. The van der Waals surface area contributed by atoms with Gasteiger partial charge in [0.05, 0.1) is 21.7 Å². The second-order valence-electron chi connectivity index (χ2n) is 3.31. The molecular formula is C11H6Br2N2O3. The third-order valence-corrected chi connectivity index (χ3v) is 3.12. The Hall–Kier alpha value is -1.47. The van der Waals surface area contributed by atoms with Gasteiger partial charge in [-0.1, -0.05) is 0 Å². The van der Waals surface area contributed by atoms with Crippen LogP contribution >= 0.6 is 31.9 Å². The van der Waals surface area contributed by atoms with Gasteiger partial charge in [0.2, 0.25) is 0 Å². The zero-order chi connectivity index (χ0) is 13.1. The summed E-state index contributed by atoms with van der Waals surface area (Å²) < 4.78 is 6.93. The van der Waals surface area contributed by atoms with Gasteiger partial charge in [-0.25, -0.2) is 0 Å². The van der Waals surface area contributed by atoms with E-state index in [4.69, 9.17) is 4.74 Å². The van der Waals surface area contributed by atoms with Crippen LogP contribution in [0.2, 0.25) is 0 Å². The highest BCUT2D eigenvalue weighted by atomic mass is 79.9. The van der Waals surface area contributed by atoms with Crippen molar-refractivity contribution in [3.63, 3.8) is 0 Å². The van der Waals surface area contributed by atoms with Gasteiger partial charge in [-0.15, -0.1) is 0 Å². The van der Waals surface area contributed by atoms with E-state index < -0.39 is 4.92 Å². The molecule has 0 saturated carbocycles. The molecule has 1 aromatic carbocycles. The highest BCUT2D eigenvalue weighted by Crippen LogP contribution is 2.33. The molecule has 7 heteroatoms. The molecule has 1 heterocycles. The molecule has 0 spiro atoms. The highest BCUT2D eigenvalue weighted by molar-refractivity contribution is 9.10. The van der Waals surface area contributed by atoms with E-state index in [-0.39, 0.29) is 5.69 Å². The Bertz CT molecular complexity index is 605. The quantitative estimate of drug-likeness (QED) is 0.594. The smallest absolute Gasteiger partial charge is 0.273 e. The fraction of sp³-hybridized carbons (Fsp3) is 0. The summed E-state index contributed by atoms with van der Waals surface area (Å²) in [6, 6.07) is 6.04. The molecule has 2 aromatic rings. The standard InChI is InChI=1S/C11H6Br2N2O3/c12-7-3-9(6-14-5-7)18-11-4-8(15(16)17)1-2-10(11)13/h1-6H. The number of aromatic nitrogens is 1. The highest BCUT2D eigenvalue weighted by Gasteiger charge is 2.11. The van der Waals surface area contributed by atoms with Crippen LogP contribution in [0.25, 0.3) is 0 Å². The van der Waals surface area contributed by atoms with Crippen molar-refractivity contribution in [1.82, 2.24) is 4.98 Å². The number of rotatable bonds is 3. The van der Waals surface area contributed by atoms with Crippen molar-refractivity contribution in [2.24, 2.45) is 0 Å². The molecule has 0 unspecified atom stereocenters. The van der Waals surface area contributed by atoms with Crippen molar-refractivity contribution in [2.75, 3.05) is 0 Å². The monoisotopic (exact) mass is 372 g/mol. The summed E-state index contributed by atoms with van der Waals surface area (Å²) in [7, 11) is 0. The molecule has 0 aliphatic heterocycles. The van der Waals surface area contributed by atoms with Gasteiger partial charge in [-0.3, -0.25) is 15.1 Å². The first-order valence-electron chi connectivity index (χ1n) is 4.78. The van der Waals surface area contributed by atoms with Crippen LogP contribution < -0.4 is 4.74 Å². The maximum absolute atomic E-state index is 10.7. The molecule has 5 nitrogen and oxygen atoms in total. The lowest BCUT2D eigenvalue weighted by Crippen LogP contribution is -1.91. The van der Waals surface area contributed by atoms with Gasteiger partial charge in [0, 0.05) is 16.7 Å². The average Bonchev–Trinajstić information content (AvgIpc) is 2.31. The van der Waals surface area contributed by atoms with Crippen LogP contribution in [0.4, 0.5) is 5.69 Å². The predicted octanol–water partition coefficient (Wildman–Crippen LogP) is 4.31. The molecule has 2 rings (SSSR count). The first-order valence-corrected chi connectivity index (χ1v) is 6.37. The van der Waals surface area contributed by atoms with Crippen LogP contribution in [0.3, 0.4) is 0 Å². The Balaban J connectivity index is 2.33. The van der Waals surface area contributed by atoms with E-state index in [0.29, 0.717) is 16.0 Å². The van der Waals surface area contributed by atoms with Crippen molar-refractivity contribution in [3.8, 4) is 11.5 Å². The van der Waals surface area contributed by atoms with Crippen LogP contribution in [0, 0.1) is 10.1 Å². The fourth-order valence-corrected chi connectivity index (χ4v) is 1.93. The average molecular weight is 374 g/mol. The SMILES string of the molecule is O=[N+]([O-])c1ccc(Br)c(Oc2cncc(Br)c2)c1. The van der Waals surface area contributed by atoms with Gasteiger partial charge >= 0.3 is 0 Å². The predicted molar refractivity (Wildman–Crippen MR) is 72.8 cm³/mol. The number of hydrogen-bond donors (Lipinski definition) is 0. The van der Waals surface area contributed by atoms with Gasteiger partial charge < -0.3 is 4.74 Å². The molecule has 0 amide bonds. The summed E-state index contributed by atoms with van der Waals surface area (Å²) in [6.07, 6.45) is 3.14. The topological polar surface area (TPSA) is 65.3 Å². The first kappa shape index (κ1) is 13.0. The third kappa shape index (κ3) is 3.05. The van der Waals surface area contributed by atoms with Crippen molar-refractivity contribution >= 4 is 37.5 Å². The summed E-state index contributed by atoms with van der Waals surface area (Å²) in [4.78, 5) is 14.2. The number of nitrogens with zero attached hydrogens (tertiary/aromatic N) is 2. The maximum Gasteiger partial charge on any atom is 0.273 e. The molecule has 0 atom stereocenters. The maximum atomic E-state index is 10.7. The zero-order valence-electron chi connectivity index (χ0n) is 8.84. The Morgan fingerprint density at radius 2 is 2.00 bits per heavy atom. The molecule has 0 saturated heterocycles. The Kier molecular flexibility index (Phi) is 3.93. The third-order valence-electron chi connectivity index (χ3n) is 2.03. The lowest BCUT2D eigenvalue weighted by atomic mass is 10.3. The number of nitro groups is 1. The molecule has 0 fully saturated rings. The lowest BCUT2D eigenvalue weighted by Gasteiger charge is -2.07. The van der Waals surface area contributed by atoms with E-state index in [1.807, 2.05) is 0 Å². The number of benzene rings is 1. The van der Waals surface area contributed by atoms with Crippen molar-refractivity contribution in [2.45, 2.75) is 0 Å². The van der Waals surface area contributed by atoms with Crippen LogP contribution in [-0.4, -0.2) is 9.91 Å². The number of ether oxygens (including phenoxy) is 1. The van der Waals surface area contributed by atoms with Gasteiger partial charge in [0.25, 0.3) is 5.69 Å². The Labute approximate surface area is 119 Å².